The zero-order valence-electron chi connectivity index (χ0n) is 20.8. The van der Waals surface area contributed by atoms with E-state index in [1.54, 1.807) is 24.3 Å². The molecule has 1 fully saturated rings. The van der Waals surface area contributed by atoms with E-state index in [0.717, 1.165) is 56.2 Å². The van der Waals surface area contributed by atoms with Gasteiger partial charge >= 0.3 is 0 Å². The summed E-state index contributed by atoms with van der Waals surface area (Å²) in [6, 6.07) is 18.6. The molecule has 0 saturated carbocycles. The second kappa shape index (κ2) is 10.8. The summed E-state index contributed by atoms with van der Waals surface area (Å²) in [5, 5.41) is 1.67. The SMILES string of the molecule is CCc1cccc2c(/C=C3\SC(=O)N(CC(=O)c4ccc(C)cc4)C3=O)cn(Cc3ccc(Cl)cc3Cl)c12. The molecule has 5 rings (SSSR count). The van der Waals surface area contributed by atoms with Crippen LogP contribution >= 0.6 is 35.0 Å². The summed E-state index contributed by atoms with van der Waals surface area (Å²) >= 11 is 13.4. The molecule has 3 aromatic carbocycles. The van der Waals surface area contributed by atoms with Crippen molar-refractivity contribution in [1.29, 1.82) is 0 Å². The van der Waals surface area contributed by atoms with E-state index in [2.05, 4.69) is 17.6 Å². The van der Waals surface area contributed by atoms with Crippen LogP contribution < -0.4 is 0 Å². The van der Waals surface area contributed by atoms with Gasteiger partial charge < -0.3 is 4.57 Å². The van der Waals surface area contributed by atoms with Crippen molar-refractivity contribution in [1.82, 2.24) is 9.47 Å². The van der Waals surface area contributed by atoms with Crippen molar-refractivity contribution in [3.05, 3.63) is 110 Å². The largest absolute Gasteiger partial charge is 0.342 e. The van der Waals surface area contributed by atoms with Crippen LogP contribution in [0.15, 0.2) is 71.8 Å². The number of aromatic nitrogens is 1. The third-order valence-electron chi connectivity index (χ3n) is 6.58. The van der Waals surface area contributed by atoms with E-state index < -0.39 is 11.1 Å². The van der Waals surface area contributed by atoms with Crippen LogP contribution in [0.1, 0.15) is 39.5 Å². The number of thioether (sulfide) groups is 1. The molecule has 0 bridgehead atoms. The van der Waals surface area contributed by atoms with Gasteiger partial charge in [0.05, 0.1) is 17.0 Å². The first-order valence-electron chi connectivity index (χ1n) is 12.1. The number of Topliss-reactive ketones (excluding diaryl/α,β-unsaturated/α-hetero) is 1. The summed E-state index contributed by atoms with van der Waals surface area (Å²) in [6.45, 7) is 4.25. The number of halogens is 2. The molecule has 0 unspecified atom stereocenters. The molecule has 5 nitrogen and oxygen atoms in total. The average molecular weight is 564 g/mol. The molecule has 1 aromatic heterocycles. The molecule has 1 aliphatic rings. The number of nitrogens with zero attached hydrogens (tertiary/aromatic N) is 2. The van der Waals surface area contributed by atoms with Crippen LogP contribution in [0.25, 0.3) is 17.0 Å². The maximum absolute atomic E-state index is 13.2. The van der Waals surface area contributed by atoms with Crippen molar-refractivity contribution in [2.24, 2.45) is 0 Å². The van der Waals surface area contributed by atoms with Crippen molar-refractivity contribution in [2.45, 2.75) is 26.8 Å². The van der Waals surface area contributed by atoms with Crippen molar-refractivity contribution in [2.75, 3.05) is 6.54 Å². The molecule has 0 atom stereocenters. The van der Waals surface area contributed by atoms with Crippen molar-refractivity contribution in [3.63, 3.8) is 0 Å². The van der Waals surface area contributed by atoms with E-state index in [9.17, 15) is 14.4 Å². The highest BCUT2D eigenvalue weighted by atomic mass is 35.5. The van der Waals surface area contributed by atoms with Crippen LogP contribution in [0.2, 0.25) is 10.0 Å². The van der Waals surface area contributed by atoms with Gasteiger partial charge in [-0.3, -0.25) is 19.3 Å². The molecule has 1 aliphatic heterocycles. The van der Waals surface area contributed by atoms with Gasteiger partial charge in [0, 0.05) is 39.3 Å². The number of hydrogen-bond acceptors (Lipinski definition) is 4. The molecule has 4 aromatic rings. The smallest absolute Gasteiger partial charge is 0.293 e. The van der Waals surface area contributed by atoms with E-state index in [4.69, 9.17) is 23.2 Å². The Morgan fingerprint density at radius 3 is 2.47 bits per heavy atom. The second-order valence-corrected chi connectivity index (χ2v) is 11.0. The first-order valence-corrected chi connectivity index (χ1v) is 13.7. The number of rotatable bonds is 7. The maximum Gasteiger partial charge on any atom is 0.293 e. The van der Waals surface area contributed by atoms with E-state index >= 15 is 0 Å². The van der Waals surface area contributed by atoms with Gasteiger partial charge in [-0.1, -0.05) is 84.2 Å². The van der Waals surface area contributed by atoms with E-state index in [1.807, 2.05) is 49.5 Å². The Kier molecular flexibility index (Phi) is 7.48. The lowest BCUT2D eigenvalue weighted by atomic mass is 10.1. The molecule has 8 heteroatoms. The summed E-state index contributed by atoms with van der Waals surface area (Å²) in [4.78, 5) is 40.0. The summed E-state index contributed by atoms with van der Waals surface area (Å²) in [5.41, 5.74) is 5.43. The fourth-order valence-electron chi connectivity index (χ4n) is 4.58. The number of carbonyl (C=O) groups excluding carboxylic acids is 3. The van der Waals surface area contributed by atoms with Gasteiger partial charge in [-0.25, -0.2) is 0 Å². The van der Waals surface area contributed by atoms with Crippen LogP contribution in [-0.2, 0) is 17.8 Å². The van der Waals surface area contributed by atoms with Gasteiger partial charge in [-0.15, -0.1) is 0 Å². The molecule has 2 amide bonds. The fraction of sp³-hybridized carbons (Fsp3) is 0.167. The number of para-hydroxylation sites is 1. The van der Waals surface area contributed by atoms with Crippen LogP contribution in [0, 0.1) is 6.92 Å². The third-order valence-corrected chi connectivity index (χ3v) is 8.08. The number of hydrogen-bond donors (Lipinski definition) is 0. The molecule has 2 heterocycles. The van der Waals surface area contributed by atoms with Crippen molar-refractivity contribution < 1.29 is 14.4 Å². The Balaban J connectivity index is 1.48. The minimum absolute atomic E-state index is 0.280. The van der Waals surface area contributed by atoms with Gasteiger partial charge in [0.2, 0.25) is 0 Å². The predicted octanol–water partition coefficient (Wildman–Crippen LogP) is 7.79. The summed E-state index contributed by atoms with van der Waals surface area (Å²) < 4.78 is 2.11. The van der Waals surface area contributed by atoms with Crippen LogP contribution in [0.4, 0.5) is 4.79 Å². The fourth-order valence-corrected chi connectivity index (χ4v) is 5.87. The van der Waals surface area contributed by atoms with Gasteiger partial charge in [-0.05, 0) is 54.4 Å². The molecule has 0 radical (unpaired) electrons. The second-order valence-electron chi connectivity index (χ2n) is 9.17. The molecule has 0 spiro atoms. The highest BCUT2D eigenvalue weighted by Crippen LogP contribution is 2.35. The topological polar surface area (TPSA) is 59.4 Å². The summed E-state index contributed by atoms with van der Waals surface area (Å²) in [7, 11) is 0. The molecular weight excluding hydrogens is 539 g/mol. The summed E-state index contributed by atoms with van der Waals surface area (Å²) in [6.07, 6.45) is 4.54. The Morgan fingerprint density at radius 2 is 1.76 bits per heavy atom. The zero-order valence-corrected chi connectivity index (χ0v) is 23.2. The normalized spacial score (nSPS) is 14.7. The van der Waals surface area contributed by atoms with Gasteiger partial charge in [0.15, 0.2) is 5.78 Å². The van der Waals surface area contributed by atoms with Crippen LogP contribution in [0.3, 0.4) is 0 Å². The zero-order chi connectivity index (χ0) is 27.0. The lowest BCUT2D eigenvalue weighted by molar-refractivity contribution is -0.122. The van der Waals surface area contributed by atoms with Gasteiger partial charge in [-0.2, -0.15) is 0 Å². The highest BCUT2D eigenvalue weighted by Gasteiger charge is 2.36. The van der Waals surface area contributed by atoms with Crippen LogP contribution in [0.5, 0.6) is 0 Å². The first-order chi connectivity index (χ1) is 18.2. The highest BCUT2D eigenvalue weighted by molar-refractivity contribution is 8.18. The number of ketones is 1. The molecule has 192 valence electrons. The number of carbonyl (C=O) groups is 3. The number of aryl methyl sites for hydroxylation is 2. The minimum atomic E-state index is -0.464. The molecular formula is C30H24Cl2N2O3S. The lowest BCUT2D eigenvalue weighted by Gasteiger charge is -2.11. The Bertz CT molecular complexity index is 1620. The third kappa shape index (κ3) is 5.17. The quantitative estimate of drug-likeness (QED) is 0.170. The number of fused-ring (bicyclic) bond motifs is 1. The Morgan fingerprint density at radius 1 is 1.00 bits per heavy atom. The molecule has 0 N–H and O–H groups in total. The van der Waals surface area contributed by atoms with Gasteiger partial charge in [0.1, 0.15) is 0 Å². The van der Waals surface area contributed by atoms with Crippen molar-refractivity contribution in [3.8, 4) is 0 Å². The lowest BCUT2D eigenvalue weighted by Crippen LogP contribution is -2.33. The number of amides is 2. The monoisotopic (exact) mass is 562 g/mol. The van der Waals surface area contributed by atoms with Crippen molar-refractivity contribution >= 4 is 68.9 Å². The number of imide groups is 1. The van der Waals surface area contributed by atoms with Gasteiger partial charge in [0.25, 0.3) is 11.1 Å². The standard InChI is InChI=1S/C30H24Cl2N2O3S/c1-3-19-5-4-6-24-22(16-33(28(19)24)15-21-11-12-23(31)14-25(21)32)13-27-29(36)34(30(37)38-27)17-26(35)20-9-7-18(2)8-10-20/h4-14,16H,3,15,17H2,1-2H3/b27-13-. The Labute approximate surface area is 235 Å². The molecule has 38 heavy (non-hydrogen) atoms. The summed E-state index contributed by atoms with van der Waals surface area (Å²) in [5.74, 6) is -0.744. The molecule has 0 aliphatic carbocycles. The van der Waals surface area contributed by atoms with Crippen LogP contribution in [-0.4, -0.2) is 32.9 Å². The van der Waals surface area contributed by atoms with E-state index in [-0.39, 0.29) is 17.2 Å². The van der Waals surface area contributed by atoms with E-state index in [1.165, 1.54) is 0 Å². The first kappa shape index (κ1) is 26.3. The predicted molar refractivity (Wildman–Crippen MR) is 155 cm³/mol. The average Bonchev–Trinajstić information content (AvgIpc) is 3.37. The maximum atomic E-state index is 13.2. The number of benzene rings is 3. The Hall–Kier alpha value is -3.32. The van der Waals surface area contributed by atoms with E-state index in [0.29, 0.717) is 22.2 Å². The molecule has 1 saturated heterocycles. The minimum Gasteiger partial charge on any atom is -0.342 e.